The van der Waals surface area contributed by atoms with Gasteiger partial charge in [-0.15, -0.1) is 0 Å². The van der Waals surface area contributed by atoms with Gasteiger partial charge < -0.3 is 5.32 Å². The highest BCUT2D eigenvalue weighted by Crippen LogP contribution is 2.14. The van der Waals surface area contributed by atoms with E-state index in [1.54, 1.807) is 6.92 Å². The molecule has 0 aliphatic carbocycles. The van der Waals surface area contributed by atoms with Crippen molar-refractivity contribution in [3.05, 3.63) is 22.4 Å². The van der Waals surface area contributed by atoms with Crippen LogP contribution in [0.4, 0.5) is 0 Å². The van der Waals surface area contributed by atoms with Gasteiger partial charge in [-0.1, -0.05) is 6.92 Å². The SMILES string of the molecule is CCC(C)NC(=O)Cn1cnc2snc(C)c2c1=O. The van der Waals surface area contributed by atoms with Crippen molar-refractivity contribution in [3.63, 3.8) is 0 Å². The molecule has 2 rings (SSSR count). The van der Waals surface area contributed by atoms with Crippen molar-refractivity contribution in [1.29, 1.82) is 0 Å². The number of fused-ring (bicyclic) bond motifs is 1. The van der Waals surface area contributed by atoms with Gasteiger partial charge in [-0.3, -0.25) is 14.2 Å². The van der Waals surface area contributed by atoms with Gasteiger partial charge >= 0.3 is 0 Å². The number of carbonyl (C=O) groups is 1. The van der Waals surface area contributed by atoms with Crippen LogP contribution in [0.2, 0.25) is 0 Å². The summed E-state index contributed by atoms with van der Waals surface area (Å²) >= 11 is 1.19. The van der Waals surface area contributed by atoms with Crippen molar-refractivity contribution in [1.82, 2.24) is 19.2 Å². The fourth-order valence-electron chi connectivity index (χ4n) is 1.70. The van der Waals surface area contributed by atoms with Crippen LogP contribution in [0.15, 0.2) is 11.1 Å². The van der Waals surface area contributed by atoms with Gasteiger partial charge in [0.2, 0.25) is 5.91 Å². The van der Waals surface area contributed by atoms with Gasteiger partial charge in [-0.05, 0) is 31.8 Å². The number of rotatable bonds is 4. The Kier molecular flexibility index (Phi) is 3.94. The highest BCUT2D eigenvalue weighted by molar-refractivity contribution is 7.12. The quantitative estimate of drug-likeness (QED) is 0.909. The van der Waals surface area contributed by atoms with Crippen LogP contribution in [0.25, 0.3) is 10.2 Å². The number of hydrogen-bond acceptors (Lipinski definition) is 5. The molecule has 0 radical (unpaired) electrons. The smallest absolute Gasteiger partial charge is 0.264 e. The molecule has 0 aromatic carbocycles. The third-order valence-corrected chi connectivity index (χ3v) is 3.82. The highest BCUT2D eigenvalue weighted by atomic mass is 32.1. The highest BCUT2D eigenvalue weighted by Gasteiger charge is 2.13. The first-order valence-corrected chi connectivity index (χ1v) is 6.91. The van der Waals surface area contributed by atoms with Gasteiger partial charge in [0.25, 0.3) is 5.56 Å². The van der Waals surface area contributed by atoms with E-state index < -0.39 is 0 Å². The predicted octanol–water partition coefficient (Wildman–Crippen LogP) is 1.08. The summed E-state index contributed by atoms with van der Waals surface area (Å²) in [7, 11) is 0. The molecule has 0 aliphatic heterocycles. The number of carbonyl (C=O) groups excluding carboxylic acids is 1. The Morgan fingerprint density at radius 2 is 2.32 bits per heavy atom. The molecule has 1 amide bonds. The van der Waals surface area contributed by atoms with Crippen LogP contribution in [0.3, 0.4) is 0 Å². The molecule has 0 saturated carbocycles. The molecule has 6 nitrogen and oxygen atoms in total. The number of hydrogen-bond donors (Lipinski definition) is 1. The zero-order chi connectivity index (χ0) is 14.0. The molecule has 0 aliphatic rings. The molecule has 19 heavy (non-hydrogen) atoms. The van der Waals surface area contributed by atoms with E-state index in [0.29, 0.717) is 15.9 Å². The van der Waals surface area contributed by atoms with E-state index in [9.17, 15) is 9.59 Å². The monoisotopic (exact) mass is 280 g/mol. The van der Waals surface area contributed by atoms with Gasteiger partial charge in [0.1, 0.15) is 6.54 Å². The first-order valence-electron chi connectivity index (χ1n) is 6.13. The molecule has 102 valence electrons. The van der Waals surface area contributed by atoms with E-state index in [1.807, 2.05) is 13.8 Å². The molecule has 7 heteroatoms. The topological polar surface area (TPSA) is 76.9 Å². The van der Waals surface area contributed by atoms with E-state index >= 15 is 0 Å². The molecule has 0 fully saturated rings. The Labute approximate surface area is 114 Å². The lowest BCUT2D eigenvalue weighted by molar-refractivity contribution is -0.122. The summed E-state index contributed by atoms with van der Waals surface area (Å²) in [4.78, 5) is 28.8. The van der Waals surface area contributed by atoms with Crippen molar-refractivity contribution >= 4 is 27.7 Å². The van der Waals surface area contributed by atoms with Crippen LogP contribution in [-0.2, 0) is 11.3 Å². The first-order chi connectivity index (χ1) is 9.02. The second-order valence-electron chi connectivity index (χ2n) is 4.50. The summed E-state index contributed by atoms with van der Waals surface area (Å²) in [5, 5.41) is 3.33. The minimum absolute atomic E-state index is 0.0125. The van der Waals surface area contributed by atoms with Gasteiger partial charge in [0.15, 0.2) is 4.83 Å². The lowest BCUT2D eigenvalue weighted by atomic mass is 10.2. The van der Waals surface area contributed by atoms with Crippen molar-refractivity contribution < 1.29 is 4.79 Å². The van der Waals surface area contributed by atoms with Crippen LogP contribution in [0.5, 0.6) is 0 Å². The lowest BCUT2D eigenvalue weighted by Gasteiger charge is -2.12. The average Bonchev–Trinajstić information content (AvgIpc) is 2.75. The third kappa shape index (κ3) is 2.81. The van der Waals surface area contributed by atoms with E-state index in [4.69, 9.17) is 0 Å². The molecule has 1 unspecified atom stereocenters. The molecule has 2 aromatic rings. The molecule has 1 atom stereocenters. The van der Waals surface area contributed by atoms with E-state index in [2.05, 4.69) is 14.7 Å². The number of nitrogens with zero attached hydrogens (tertiary/aromatic N) is 3. The van der Waals surface area contributed by atoms with E-state index in [-0.39, 0.29) is 24.1 Å². The second kappa shape index (κ2) is 5.48. The molecule has 1 N–H and O–H groups in total. The predicted molar refractivity (Wildman–Crippen MR) is 74.3 cm³/mol. The lowest BCUT2D eigenvalue weighted by Crippen LogP contribution is -2.37. The Hall–Kier alpha value is -1.76. The summed E-state index contributed by atoms with van der Waals surface area (Å²) in [6.07, 6.45) is 2.25. The fourth-order valence-corrected chi connectivity index (χ4v) is 2.44. The molecular formula is C12H16N4O2S. The van der Waals surface area contributed by atoms with E-state index in [1.165, 1.54) is 22.4 Å². The van der Waals surface area contributed by atoms with Crippen LogP contribution < -0.4 is 10.9 Å². The second-order valence-corrected chi connectivity index (χ2v) is 5.25. The van der Waals surface area contributed by atoms with E-state index in [0.717, 1.165) is 6.42 Å². The zero-order valence-electron chi connectivity index (χ0n) is 11.1. The molecule has 2 heterocycles. The standard InChI is InChI=1S/C12H16N4O2S/c1-4-7(2)14-9(17)5-16-6-13-11-10(12(16)18)8(3)15-19-11/h6-7H,4-5H2,1-3H3,(H,14,17). The van der Waals surface area contributed by atoms with Gasteiger partial charge in [0, 0.05) is 6.04 Å². The molecule has 0 bridgehead atoms. The van der Waals surface area contributed by atoms with Crippen molar-refractivity contribution in [3.8, 4) is 0 Å². The Morgan fingerprint density at radius 3 is 3.00 bits per heavy atom. The summed E-state index contributed by atoms with van der Waals surface area (Å²) in [6.45, 7) is 5.67. The third-order valence-electron chi connectivity index (χ3n) is 2.97. The first kappa shape index (κ1) is 13.7. The molecule has 2 aromatic heterocycles. The largest absolute Gasteiger partial charge is 0.352 e. The normalized spacial score (nSPS) is 12.6. The maximum atomic E-state index is 12.2. The van der Waals surface area contributed by atoms with Gasteiger partial charge in [0.05, 0.1) is 17.4 Å². The van der Waals surface area contributed by atoms with Crippen LogP contribution in [0, 0.1) is 6.92 Å². The van der Waals surface area contributed by atoms with Crippen molar-refractivity contribution in [2.45, 2.75) is 39.8 Å². The summed E-state index contributed by atoms with van der Waals surface area (Å²) in [5.41, 5.74) is 0.449. The summed E-state index contributed by atoms with van der Waals surface area (Å²) in [5.74, 6) is -0.182. The maximum Gasteiger partial charge on any atom is 0.264 e. The zero-order valence-corrected chi connectivity index (χ0v) is 12.0. The van der Waals surface area contributed by atoms with Crippen LogP contribution in [0.1, 0.15) is 26.0 Å². The van der Waals surface area contributed by atoms with Crippen molar-refractivity contribution in [2.75, 3.05) is 0 Å². The summed E-state index contributed by atoms with van der Waals surface area (Å²) in [6, 6.07) is 0.101. The Bertz CT molecular complexity index is 661. The molecule has 0 spiro atoms. The number of amides is 1. The van der Waals surface area contributed by atoms with Gasteiger partial charge in [-0.25, -0.2) is 4.98 Å². The summed E-state index contributed by atoms with van der Waals surface area (Å²) < 4.78 is 5.42. The van der Waals surface area contributed by atoms with Crippen LogP contribution >= 0.6 is 11.5 Å². The Balaban J connectivity index is 2.26. The molecule has 0 saturated heterocycles. The maximum absolute atomic E-state index is 12.2. The Morgan fingerprint density at radius 1 is 1.58 bits per heavy atom. The van der Waals surface area contributed by atoms with Gasteiger partial charge in [-0.2, -0.15) is 4.37 Å². The van der Waals surface area contributed by atoms with Crippen LogP contribution in [-0.4, -0.2) is 25.9 Å². The van der Waals surface area contributed by atoms with Crippen molar-refractivity contribution in [2.24, 2.45) is 0 Å². The minimum Gasteiger partial charge on any atom is -0.352 e. The molecular weight excluding hydrogens is 264 g/mol. The number of nitrogens with one attached hydrogen (secondary N) is 1. The number of aryl methyl sites for hydroxylation is 1. The number of aromatic nitrogens is 3. The average molecular weight is 280 g/mol. The minimum atomic E-state index is -0.212. The fraction of sp³-hybridized carbons (Fsp3) is 0.500.